The summed E-state index contributed by atoms with van der Waals surface area (Å²) in [5, 5.41) is 4.92. The molecule has 4 rings (SSSR count). The largest absolute Gasteiger partial charge is 0.493 e. The maximum atomic E-state index is 12.7. The van der Waals surface area contributed by atoms with Crippen molar-refractivity contribution in [2.45, 2.75) is 25.7 Å². The number of hydrogen-bond donors (Lipinski definition) is 1. The Kier molecular flexibility index (Phi) is 6.57. The minimum Gasteiger partial charge on any atom is -0.493 e. The van der Waals surface area contributed by atoms with Gasteiger partial charge in [0.2, 0.25) is 0 Å². The lowest BCUT2D eigenvalue weighted by atomic mass is 9.98. The van der Waals surface area contributed by atoms with E-state index in [2.05, 4.69) is 15.2 Å². The zero-order valence-corrected chi connectivity index (χ0v) is 18.8. The van der Waals surface area contributed by atoms with Crippen LogP contribution in [0.5, 0.6) is 11.5 Å². The molecule has 2 heterocycles. The number of nitrogens with zero attached hydrogens (tertiary/aromatic N) is 2. The van der Waals surface area contributed by atoms with E-state index in [9.17, 15) is 18.0 Å². The van der Waals surface area contributed by atoms with Gasteiger partial charge in [0.15, 0.2) is 16.6 Å². The Morgan fingerprint density at radius 2 is 1.79 bits per heavy atom. The number of ether oxygens (including phenoxy) is 2. The fourth-order valence-corrected chi connectivity index (χ4v) is 4.42. The lowest BCUT2D eigenvalue weighted by Gasteiger charge is -2.29. The monoisotopic (exact) mass is 477 g/mol. The van der Waals surface area contributed by atoms with E-state index in [1.807, 2.05) is 17.5 Å². The number of carbonyl (C=O) groups excluding carboxylic acids is 1. The van der Waals surface area contributed by atoms with Gasteiger partial charge >= 0.3 is 6.18 Å². The third-order valence-corrected chi connectivity index (χ3v) is 6.24. The van der Waals surface area contributed by atoms with E-state index in [-0.39, 0.29) is 5.56 Å². The van der Waals surface area contributed by atoms with Crippen molar-refractivity contribution in [3.63, 3.8) is 0 Å². The number of aromatic nitrogens is 1. The Morgan fingerprint density at radius 1 is 1.12 bits per heavy atom. The average Bonchev–Trinajstić information content (AvgIpc) is 3.24. The number of benzene rings is 2. The molecular weight excluding hydrogens is 455 g/mol. The standard InChI is InChI=1S/C23H22F3N3O3S/c1-31-19-9-15-7-8-29(11-16(15)10-20(19)32-2)12-18-13-33-22(27-18)28-21(30)14-3-5-17(6-4-14)23(24,25)26/h3-6,9-10,13H,7-8,11-12H2,1-2H3,(H,27,28,30). The van der Waals surface area contributed by atoms with Crippen LogP contribution in [0.4, 0.5) is 18.3 Å². The Bertz CT molecular complexity index is 1150. The van der Waals surface area contributed by atoms with E-state index in [1.54, 1.807) is 14.2 Å². The molecule has 1 aliphatic rings. The molecule has 6 nitrogen and oxygen atoms in total. The molecule has 174 valence electrons. The lowest BCUT2D eigenvalue weighted by molar-refractivity contribution is -0.137. The summed E-state index contributed by atoms with van der Waals surface area (Å²) in [5.74, 6) is 0.912. The Balaban J connectivity index is 1.38. The number of nitrogens with one attached hydrogen (secondary N) is 1. The molecule has 10 heteroatoms. The van der Waals surface area contributed by atoms with Crippen molar-refractivity contribution in [3.8, 4) is 11.5 Å². The molecule has 3 aromatic rings. The van der Waals surface area contributed by atoms with Crippen LogP contribution >= 0.6 is 11.3 Å². The first kappa shape index (κ1) is 23.1. The summed E-state index contributed by atoms with van der Waals surface area (Å²) < 4.78 is 48.9. The quantitative estimate of drug-likeness (QED) is 0.542. The van der Waals surface area contributed by atoms with E-state index in [1.165, 1.54) is 22.5 Å². The van der Waals surface area contributed by atoms with Crippen molar-refractivity contribution in [1.29, 1.82) is 0 Å². The normalized spacial score (nSPS) is 14.0. The maximum Gasteiger partial charge on any atom is 0.416 e. The summed E-state index contributed by atoms with van der Waals surface area (Å²) in [7, 11) is 3.23. The number of thiazole rings is 1. The topological polar surface area (TPSA) is 63.7 Å². The van der Waals surface area contributed by atoms with Crippen molar-refractivity contribution >= 4 is 22.4 Å². The fraction of sp³-hybridized carbons (Fsp3) is 0.304. The van der Waals surface area contributed by atoms with Gasteiger partial charge in [0, 0.05) is 30.6 Å². The SMILES string of the molecule is COc1cc2c(cc1OC)CN(Cc1csc(NC(=O)c3ccc(C(F)(F)F)cc3)n1)CC2. The molecule has 0 bridgehead atoms. The second kappa shape index (κ2) is 9.40. The van der Waals surface area contributed by atoms with E-state index in [0.717, 1.165) is 55.2 Å². The zero-order chi connectivity index (χ0) is 23.6. The number of alkyl halides is 3. The first-order chi connectivity index (χ1) is 15.8. The van der Waals surface area contributed by atoms with E-state index < -0.39 is 17.6 Å². The number of anilines is 1. The van der Waals surface area contributed by atoms with Crippen LogP contribution in [0.2, 0.25) is 0 Å². The van der Waals surface area contributed by atoms with Crippen LogP contribution < -0.4 is 14.8 Å². The number of methoxy groups -OCH3 is 2. The van der Waals surface area contributed by atoms with Crippen molar-refractivity contribution in [3.05, 3.63) is 69.7 Å². The first-order valence-electron chi connectivity index (χ1n) is 10.2. The second-order valence-electron chi connectivity index (χ2n) is 7.61. The number of rotatable bonds is 6. The number of carbonyl (C=O) groups is 1. The zero-order valence-electron chi connectivity index (χ0n) is 18.0. The van der Waals surface area contributed by atoms with Gasteiger partial charge in [-0.1, -0.05) is 0 Å². The highest BCUT2D eigenvalue weighted by Gasteiger charge is 2.30. The summed E-state index contributed by atoms with van der Waals surface area (Å²) in [6.45, 7) is 2.20. The van der Waals surface area contributed by atoms with Crippen LogP contribution in [0.1, 0.15) is 32.7 Å². The van der Waals surface area contributed by atoms with E-state index in [0.29, 0.717) is 17.4 Å². The molecule has 2 aromatic carbocycles. The molecule has 0 saturated heterocycles. The molecule has 0 saturated carbocycles. The average molecular weight is 478 g/mol. The van der Waals surface area contributed by atoms with Crippen LogP contribution in [0, 0.1) is 0 Å². The van der Waals surface area contributed by atoms with Gasteiger partial charge in [0.1, 0.15) is 0 Å². The van der Waals surface area contributed by atoms with E-state index >= 15 is 0 Å². The minimum absolute atomic E-state index is 0.136. The second-order valence-corrected chi connectivity index (χ2v) is 8.47. The number of halogens is 3. The summed E-state index contributed by atoms with van der Waals surface area (Å²) in [6, 6.07) is 8.10. The maximum absolute atomic E-state index is 12.7. The van der Waals surface area contributed by atoms with Crippen LogP contribution in [0.15, 0.2) is 41.8 Å². The van der Waals surface area contributed by atoms with Crippen molar-refractivity contribution in [2.75, 3.05) is 26.1 Å². The molecule has 1 aliphatic heterocycles. The van der Waals surface area contributed by atoms with Crippen molar-refractivity contribution in [2.24, 2.45) is 0 Å². The van der Waals surface area contributed by atoms with Crippen LogP contribution in [0.3, 0.4) is 0 Å². The molecular formula is C23H22F3N3O3S. The Hall–Kier alpha value is -3.11. The molecule has 0 unspecified atom stereocenters. The summed E-state index contributed by atoms with van der Waals surface area (Å²) in [4.78, 5) is 19.1. The number of hydrogen-bond acceptors (Lipinski definition) is 6. The van der Waals surface area contributed by atoms with Gasteiger partial charge in [-0.3, -0.25) is 15.0 Å². The van der Waals surface area contributed by atoms with Crippen LogP contribution in [-0.4, -0.2) is 36.6 Å². The Morgan fingerprint density at radius 3 is 2.42 bits per heavy atom. The van der Waals surface area contributed by atoms with Crippen LogP contribution in [0.25, 0.3) is 0 Å². The molecule has 1 amide bonds. The highest BCUT2D eigenvalue weighted by atomic mass is 32.1. The van der Waals surface area contributed by atoms with Crippen molar-refractivity contribution < 1.29 is 27.4 Å². The highest BCUT2D eigenvalue weighted by molar-refractivity contribution is 7.14. The summed E-state index contributed by atoms with van der Waals surface area (Å²) in [5.41, 5.74) is 2.55. The molecule has 1 N–H and O–H groups in total. The summed E-state index contributed by atoms with van der Waals surface area (Å²) >= 11 is 1.28. The predicted octanol–water partition coefficient (Wildman–Crippen LogP) is 4.99. The van der Waals surface area contributed by atoms with Gasteiger partial charge in [-0.2, -0.15) is 13.2 Å². The fourth-order valence-electron chi connectivity index (χ4n) is 3.72. The van der Waals surface area contributed by atoms with Crippen LogP contribution in [-0.2, 0) is 25.7 Å². The first-order valence-corrected chi connectivity index (χ1v) is 11.0. The van der Waals surface area contributed by atoms with Gasteiger partial charge in [-0.15, -0.1) is 11.3 Å². The lowest BCUT2D eigenvalue weighted by Crippen LogP contribution is -2.30. The molecule has 0 fully saturated rings. The van der Waals surface area contributed by atoms with Gasteiger partial charge in [0.05, 0.1) is 25.5 Å². The molecule has 1 aromatic heterocycles. The molecule has 0 aliphatic carbocycles. The van der Waals surface area contributed by atoms with Crippen molar-refractivity contribution in [1.82, 2.24) is 9.88 Å². The minimum atomic E-state index is -4.44. The highest BCUT2D eigenvalue weighted by Crippen LogP contribution is 2.34. The molecule has 33 heavy (non-hydrogen) atoms. The van der Waals surface area contributed by atoms with Gasteiger partial charge in [-0.05, 0) is 53.9 Å². The van der Waals surface area contributed by atoms with Gasteiger partial charge < -0.3 is 9.47 Å². The molecule has 0 radical (unpaired) electrons. The molecule has 0 spiro atoms. The van der Waals surface area contributed by atoms with E-state index in [4.69, 9.17) is 9.47 Å². The predicted molar refractivity (Wildman–Crippen MR) is 119 cm³/mol. The molecule has 0 atom stereocenters. The summed E-state index contributed by atoms with van der Waals surface area (Å²) in [6.07, 6.45) is -3.57. The Labute approximate surface area is 193 Å². The number of fused-ring (bicyclic) bond motifs is 1. The third kappa shape index (κ3) is 5.28. The number of amides is 1. The third-order valence-electron chi connectivity index (χ3n) is 5.43. The van der Waals surface area contributed by atoms with Gasteiger partial charge in [0.25, 0.3) is 5.91 Å². The van der Waals surface area contributed by atoms with Gasteiger partial charge in [-0.25, -0.2) is 4.98 Å². The smallest absolute Gasteiger partial charge is 0.416 e.